The summed E-state index contributed by atoms with van der Waals surface area (Å²) < 4.78 is 0. The zero-order valence-corrected chi connectivity index (χ0v) is 7.15. The third kappa shape index (κ3) is 15.7. The molecule has 2 heteroatoms. The normalized spacial score (nSPS) is 8.70. The van der Waals surface area contributed by atoms with Gasteiger partial charge in [-0.05, 0) is 7.05 Å². The summed E-state index contributed by atoms with van der Waals surface area (Å²) in [7, 11) is 1.84. The van der Waals surface area contributed by atoms with Gasteiger partial charge in [0.2, 0.25) is 0 Å². The zero-order chi connectivity index (χ0) is 8.24. The van der Waals surface area contributed by atoms with Crippen LogP contribution in [0.3, 0.4) is 0 Å². The number of hydrazine groups is 1. The van der Waals surface area contributed by atoms with Crippen molar-refractivity contribution in [1.82, 2.24) is 10.9 Å². The minimum atomic E-state index is 0.836. The van der Waals surface area contributed by atoms with Crippen LogP contribution in [0.4, 0.5) is 0 Å². The Morgan fingerprint density at radius 1 is 1.40 bits per heavy atom. The molecule has 0 aliphatic rings. The van der Waals surface area contributed by atoms with Gasteiger partial charge in [0.1, 0.15) is 0 Å². The van der Waals surface area contributed by atoms with Crippen LogP contribution in [0.5, 0.6) is 0 Å². The Hall–Kier alpha value is -0.600. The quantitative estimate of drug-likeness (QED) is 0.353. The highest BCUT2D eigenvalue weighted by Crippen LogP contribution is 1.67. The van der Waals surface area contributed by atoms with Gasteiger partial charge in [-0.2, -0.15) is 0 Å². The third-order valence-electron chi connectivity index (χ3n) is 0.669. The summed E-state index contributed by atoms with van der Waals surface area (Å²) in [6.45, 7) is 8.36. The summed E-state index contributed by atoms with van der Waals surface area (Å²) in [4.78, 5) is 0. The van der Waals surface area contributed by atoms with Crippen LogP contribution in [0, 0.1) is 0 Å². The average Bonchev–Trinajstić information content (AvgIpc) is 2.02. The van der Waals surface area contributed by atoms with Gasteiger partial charge >= 0.3 is 0 Å². The van der Waals surface area contributed by atoms with E-state index in [0.717, 1.165) is 6.54 Å². The average molecular weight is 142 g/mol. The Labute approximate surface area is 64.0 Å². The lowest BCUT2D eigenvalue weighted by molar-refractivity contribution is 0.646. The molecule has 0 aliphatic carbocycles. The van der Waals surface area contributed by atoms with Gasteiger partial charge in [0, 0.05) is 6.54 Å². The SMILES string of the molecule is C=C/C=C\CNNC.CC. The second kappa shape index (κ2) is 15.8. The van der Waals surface area contributed by atoms with E-state index in [0.29, 0.717) is 0 Å². The van der Waals surface area contributed by atoms with Crippen molar-refractivity contribution in [1.29, 1.82) is 0 Å². The first-order valence-corrected chi connectivity index (χ1v) is 3.59. The van der Waals surface area contributed by atoms with Gasteiger partial charge in [0.15, 0.2) is 0 Å². The summed E-state index contributed by atoms with van der Waals surface area (Å²) in [5.74, 6) is 0. The molecular weight excluding hydrogens is 124 g/mol. The van der Waals surface area contributed by atoms with Crippen molar-refractivity contribution in [2.75, 3.05) is 13.6 Å². The van der Waals surface area contributed by atoms with Crippen LogP contribution >= 0.6 is 0 Å². The van der Waals surface area contributed by atoms with Crippen molar-refractivity contribution in [3.05, 3.63) is 24.8 Å². The molecule has 0 spiro atoms. The lowest BCUT2D eigenvalue weighted by Gasteiger charge is -1.92. The number of nitrogens with one attached hydrogen (secondary N) is 2. The lowest BCUT2D eigenvalue weighted by atomic mass is 10.5. The first-order valence-electron chi connectivity index (χ1n) is 3.59. The van der Waals surface area contributed by atoms with Crippen molar-refractivity contribution in [2.45, 2.75) is 13.8 Å². The molecule has 0 aromatic rings. The predicted octanol–water partition coefficient (Wildman–Crippen LogP) is 1.48. The minimum absolute atomic E-state index is 0.836. The molecule has 0 aliphatic heterocycles. The summed E-state index contributed by atoms with van der Waals surface area (Å²) in [6.07, 6.45) is 5.62. The molecule has 0 aromatic carbocycles. The smallest absolute Gasteiger partial charge is 0.0283 e. The van der Waals surface area contributed by atoms with Crippen LogP contribution in [0.15, 0.2) is 24.8 Å². The van der Waals surface area contributed by atoms with E-state index in [9.17, 15) is 0 Å². The Bertz CT molecular complexity index is 77.3. The van der Waals surface area contributed by atoms with Crippen LogP contribution in [0.2, 0.25) is 0 Å². The molecule has 10 heavy (non-hydrogen) atoms. The van der Waals surface area contributed by atoms with Gasteiger partial charge in [-0.3, -0.25) is 10.9 Å². The van der Waals surface area contributed by atoms with Gasteiger partial charge in [-0.15, -0.1) is 0 Å². The molecule has 0 fully saturated rings. The summed E-state index contributed by atoms with van der Waals surface area (Å²) in [6, 6.07) is 0. The van der Waals surface area contributed by atoms with E-state index in [-0.39, 0.29) is 0 Å². The molecule has 0 rings (SSSR count). The summed E-state index contributed by atoms with van der Waals surface area (Å²) in [5.41, 5.74) is 5.69. The van der Waals surface area contributed by atoms with Crippen LogP contribution in [-0.4, -0.2) is 13.6 Å². The molecular formula is C8H18N2. The third-order valence-corrected chi connectivity index (χ3v) is 0.669. The van der Waals surface area contributed by atoms with Crippen molar-refractivity contribution in [3.8, 4) is 0 Å². The molecule has 0 atom stereocenters. The monoisotopic (exact) mass is 142 g/mol. The maximum Gasteiger partial charge on any atom is 0.0283 e. The van der Waals surface area contributed by atoms with Crippen molar-refractivity contribution in [3.63, 3.8) is 0 Å². The highest BCUT2D eigenvalue weighted by Gasteiger charge is 1.67. The molecule has 0 heterocycles. The molecule has 0 bridgehead atoms. The highest BCUT2D eigenvalue weighted by atomic mass is 15.3. The topological polar surface area (TPSA) is 24.1 Å². The van der Waals surface area contributed by atoms with E-state index in [1.165, 1.54) is 0 Å². The highest BCUT2D eigenvalue weighted by molar-refractivity contribution is 4.97. The Morgan fingerprint density at radius 3 is 2.40 bits per heavy atom. The standard InChI is InChI=1S/C6H12N2.C2H6/c1-3-4-5-6-8-7-2;1-2/h3-5,7-8H,1,6H2,2H3;1-2H3/b5-4-;. The second-order valence-electron chi connectivity index (χ2n) is 1.29. The second-order valence-corrected chi connectivity index (χ2v) is 1.29. The van der Waals surface area contributed by atoms with E-state index in [4.69, 9.17) is 0 Å². The summed E-state index contributed by atoms with van der Waals surface area (Å²) in [5, 5.41) is 0. The minimum Gasteiger partial charge on any atom is -0.261 e. The van der Waals surface area contributed by atoms with E-state index in [1.807, 2.05) is 33.0 Å². The first kappa shape index (κ1) is 12.1. The van der Waals surface area contributed by atoms with Crippen molar-refractivity contribution >= 4 is 0 Å². The van der Waals surface area contributed by atoms with Gasteiger partial charge in [0.05, 0.1) is 0 Å². The Kier molecular flexibility index (Phi) is 19.1. The Balaban J connectivity index is 0. The fraction of sp³-hybridized carbons (Fsp3) is 0.500. The van der Waals surface area contributed by atoms with E-state index in [1.54, 1.807) is 6.08 Å². The Morgan fingerprint density at radius 2 is 2.00 bits per heavy atom. The fourth-order valence-corrected chi connectivity index (χ4v) is 0.325. The molecule has 0 radical (unpaired) electrons. The maximum atomic E-state index is 3.52. The van der Waals surface area contributed by atoms with Crippen LogP contribution < -0.4 is 10.9 Å². The molecule has 0 amide bonds. The molecule has 0 saturated heterocycles. The largest absolute Gasteiger partial charge is 0.261 e. The molecule has 60 valence electrons. The predicted molar refractivity (Wildman–Crippen MR) is 47.7 cm³/mol. The summed E-state index contributed by atoms with van der Waals surface area (Å²) >= 11 is 0. The van der Waals surface area contributed by atoms with Gasteiger partial charge in [-0.1, -0.05) is 38.7 Å². The van der Waals surface area contributed by atoms with Crippen molar-refractivity contribution < 1.29 is 0 Å². The van der Waals surface area contributed by atoms with Crippen LogP contribution in [0.1, 0.15) is 13.8 Å². The van der Waals surface area contributed by atoms with Crippen molar-refractivity contribution in [2.24, 2.45) is 0 Å². The molecule has 0 aromatic heterocycles. The fourth-order valence-electron chi connectivity index (χ4n) is 0.325. The van der Waals surface area contributed by atoms with Gasteiger partial charge in [-0.25, -0.2) is 0 Å². The number of rotatable bonds is 4. The van der Waals surface area contributed by atoms with E-state index >= 15 is 0 Å². The van der Waals surface area contributed by atoms with Gasteiger partial charge < -0.3 is 0 Å². The molecule has 2 N–H and O–H groups in total. The van der Waals surface area contributed by atoms with E-state index in [2.05, 4.69) is 17.4 Å². The number of hydrogen-bond donors (Lipinski definition) is 2. The number of hydrogen-bond acceptors (Lipinski definition) is 2. The first-order chi connectivity index (χ1) is 4.91. The van der Waals surface area contributed by atoms with E-state index < -0.39 is 0 Å². The molecule has 0 unspecified atom stereocenters. The molecule has 2 nitrogen and oxygen atoms in total. The zero-order valence-electron chi connectivity index (χ0n) is 7.15. The lowest BCUT2D eigenvalue weighted by Crippen LogP contribution is -2.27. The van der Waals surface area contributed by atoms with Gasteiger partial charge in [0.25, 0.3) is 0 Å². The maximum absolute atomic E-state index is 3.52. The number of allylic oxidation sites excluding steroid dienone is 2. The van der Waals surface area contributed by atoms with Crippen LogP contribution in [0.25, 0.3) is 0 Å². The molecule has 0 saturated carbocycles. The van der Waals surface area contributed by atoms with Crippen LogP contribution in [-0.2, 0) is 0 Å².